The minimum absolute atomic E-state index is 0.132. The van der Waals surface area contributed by atoms with E-state index >= 15 is 0 Å². The van der Waals surface area contributed by atoms with Crippen LogP contribution in [-0.4, -0.2) is 12.1 Å². The quantitative estimate of drug-likeness (QED) is 0.840. The topological polar surface area (TPSA) is 12.0 Å². The molecule has 102 valence electrons. The standard InChI is InChI=1S/C15H23BrFN/c1-5-11(10-18-15(2,3)4)9-12-7-6-8-13(17)14(12)16/h6-8,11,18H,5,9-10H2,1-4H3. The number of halogens is 2. The van der Waals surface area contributed by atoms with Crippen LogP contribution in [0.3, 0.4) is 0 Å². The summed E-state index contributed by atoms with van der Waals surface area (Å²) in [5.74, 6) is 0.355. The maximum absolute atomic E-state index is 13.4. The van der Waals surface area contributed by atoms with Gasteiger partial charge in [0.1, 0.15) is 5.82 Å². The van der Waals surface area contributed by atoms with E-state index in [2.05, 4.69) is 48.9 Å². The number of nitrogens with one attached hydrogen (secondary N) is 1. The largest absolute Gasteiger partial charge is 0.312 e. The van der Waals surface area contributed by atoms with Gasteiger partial charge >= 0.3 is 0 Å². The summed E-state index contributed by atoms with van der Waals surface area (Å²) in [6.45, 7) is 9.64. The van der Waals surface area contributed by atoms with Crippen molar-refractivity contribution >= 4 is 15.9 Å². The molecule has 0 aliphatic heterocycles. The second-order valence-corrected chi connectivity index (χ2v) is 6.62. The van der Waals surface area contributed by atoms with Gasteiger partial charge in [-0.1, -0.05) is 25.5 Å². The molecule has 0 heterocycles. The van der Waals surface area contributed by atoms with E-state index in [1.54, 1.807) is 6.07 Å². The molecule has 1 atom stereocenters. The SMILES string of the molecule is CCC(CNC(C)(C)C)Cc1cccc(F)c1Br. The summed E-state index contributed by atoms with van der Waals surface area (Å²) < 4.78 is 14.1. The highest BCUT2D eigenvalue weighted by atomic mass is 79.9. The monoisotopic (exact) mass is 315 g/mol. The first-order chi connectivity index (χ1) is 8.33. The summed E-state index contributed by atoms with van der Waals surface area (Å²) >= 11 is 3.33. The zero-order valence-corrected chi connectivity index (χ0v) is 13.3. The summed E-state index contributed by atoms with van der Waals surface area (Å²) in [4.78, 5) is 0. The van der Waals surface area contributed by atoms with E-state index in [1.165, 1.54) is 6.07 Å². The molecule has 1 aromatic rings. The normalized spacial score (nSPS) is 13.7. The molecular weight excluding hydrogens is 293 g/mol. The highest BCUT2D eigenvalue weighted by Crippen LogP contribution is 2.24. The molecule has 18 heavy (non-hydrogen) atoms. The summed E-state index contributed by atoms with van der Waals surface area (Å²) in [6, 6.07) is 5.26. The lowest BCUT2D eigenvalue weighted by Gasteiger charge is -2.25. The number of rotatable bonds is 5. The zero-order valence-electron chi connectivity index (χ0n) is 11.7. The van der Waals surface area contributed by atoms with E-state index in [0.717, 1.165) is 24.9 Å². The van der Waals surface area contributed by atoms with E-state index in [1.807, 2.05) is 6.07 Å². The molecule has 0 amide bonds. The molecule has 0 saturated heterocycles. The summed E-state index contributed by atoms with van der Waals surface area (Å²) in [5.41, 5.74) is 1.18. The highest BCUT2D eigenvalue weighted by Gasteiger charge is 2.15. The first kappa shape index (κ1) is 15.6. The predicted molar refractivity (Wildman–Crippen MR) is 79.3 cm³/mol. The van der Waals surface area contributed by atoms with Gasteiger partial charge < -0.3 is 5.32 Å². The first-order valence-electron chi connectivity index (χ1n) is 6.51. The van der Waals surface area contributed by atoms with Gasteiger partial charge in [-0.05, 0) is 67.2 Å². The van der Waals surface area contributed by atoms with Crippen molar-refractivity contribution in [1.82, 2.24) is 5.32 Å². The summed E-state index contributed by atoms with van der Waals surface area (Å²) in [5, 5.41) is 3.52. The van der Waals surface area contributed by atoms with Crippen LogP contribution in [0, 0.1) is 11.7 Å². The van der Waals surface area contributed by atoms with E-state index in [0.29, 0.717) is 10.4 Å². The Morgan fingerprint density at radius 1 is 1.33 bits per heavy atom. The van der Waals surface area contributed by atoms with Crippen molar-refractivity contribution in [2.24, 2.45) is 5.92 Å². The third-order valence-electron chi connectivity index (χ3n) is 3.04. The van der Waals surface area contributed by atoms with Crippen molar-refractivity contribution in [1.29, 1.82) is 0 Å². The lowest BCUT2D eigenvalue weighted by molar-refractivity contribution is 0.362. The first-order valence-corrected chi connectivity index (χ1v) is 7.30. The van der Waals surface area contributed by atoms with Gasteiger partial charge in [-0.3, -0.25) is 0 Å². The predicted octanol–water partition coefficient (Wildman–Crippen LogP) is 4.55. The van der Waals surface area contributed by atoms with Crippen LogP contribution in [0.5, 0.6) is 0 Å². The van der Waals surface area contributed by atoms with Crippen molar-refractivity contribution in [2.45, 2.75) is 46.1 Å². The molecular formula is C15H23BrFN. The van der Waals surface area contributed by atoms with Crippen molar-refractivity contribution in [2.75, 3.05) is 6.54 Å². The Morgan fingerprint density at radius 2 is 2.00 bits per heavy atom. The minimum atomic E-state index is -0.175. The minimum Gasteiger partial charge on any atom is -0.312 e. The van der Waals surface area contributed by atoms with Crippen molar-refractivity contribution in [3.8, 4) is 0 Å². The number of hydrogen-bond acceptors (Lipinski definition) is 1. The zero-order chi connectivity index (χ0) is 13.8. The molecule has 1 nitrogen and oxygen atoms in total. The molecule has 0 spiro atoms. The van der Waals surface area contributed by atoms with Crippen LogP contribution in [-0.2, 0) is 6.42 Å². The molecule has 1 aromatic carbocycles. The Balaban J connectivity index is 2.65. The molecule has 1 rings (SSSR count). The third-order valence-corrected chi connectivity index (χ3v) is 3.93. The Hall–Kier alpha value is -0.410. The molecule has 1 unspecified atom stereocenters. The Bertz CT molecular complexity index is 385. The van der Waals surface area contributed by atoms with Crippen LogP contribution < -0.4 is 5.32 Å². The highest BCUT2D eigenvalue weighted by molar-refractivity contribution is 9.10. The molecule has 0 aromatic heterocycles. The van der Waals surface area contributed by atoms with Crippen LogP contribution >= 0.6 is 15.9 Å². The van der Waals surface area contributed by atoms with Gasteiger partial charge in [-0.25, -0.2) is 4.39 Å². The average Bonchev–Trinajstić information content (AvgIpc) is 2.28. The van der Waals surface area contributed by atoms with E-state index in [9.17, 15) is 4.39 Å². The number of benzene rings is 1. The van der Waals surface area contributed by atoms with E-state index in [-0.39, 0.29) is 11.4 Å². The maximum Gasteiger partial charge on any atom is 0.137 e. The average molecular weight is 316 g/mol. The lowest BCUT2D eigenvalue weighted by atomic mass is 9.95. The third kappa shape index (κ3) is 5.07. The van der Waals surface area contributed by atoms with Gasteiger partial charge in [0, 0.05) is 5.54 Å². The van der Waals surface area contributed by atoms with Gasteiger partial charge in [-0.2, -0.15) is 0 Å². The van der Waals surface area contributed by atoms with Crippen molar-refractivity contribution < 1.29 is 4.39 Å². The molecule has 0 fully saturated rings. The lowest BCUT2D eigenvalue weighted by Crippen LogP contribution is -2.39. The maximum atomic E-state index is 13.4. The second kappa shape index (κ2) is 6.67. The summed E-state index contributed by atoms with van der Waals surface area (Å²) in [7, 11) is 0. The molecule has 0 aliphatic rings. The molecule has 1 N–H and O–H groups in total. The molecule has 0 aliphatic carbocycles. The molecule has 0 radical (unpaired) electrons. The Morgan fingerprint density at radius 3 is 2.56 bits per heavy atom. The second-order valence-electron chi connectivity index (χ2n) is 5.82. The van der Waals surface area contributed by atoms with Crippen LogP contribution in [0.2, 0.25) is 0 Å². The Labute approximate surface area is 118 Å². The van der Waals surface area contributed by atoms with Crippen LogP contribution in [0.1, 0.15) is 39.7 Å². The molecule has 0 saturated carbocycles. The fourth-order valence-electron chi connectivity index (χ4n) is 1.83. The van der Waals surface area contributed by atoms with Crippen LogP contribution in [0.4, 0.5) is 4.39 Å². The Kier molecular flexibility index (Phi) is 5.80. The fraction of sp³-hybridized carbons (Fsp3) is 0.600. The smallest absolute Gasteiger partial charge is 0.137 e. The van der Waals surface area contributed by atoms with E-state index in [4.69, 9.17) is 0 Å². The van der Waals surface area contributed by atoms with Gasteiger partial charge in [0.25, 0.3) is 0 Å². The van der Waals surface area contributed by atoms with E-state index < -0.39 is 0 Å². The molecule has 0 bridgehead atoms. The van der Waals surface area contributed by atoms with Crippen LogP contribution in [0.25, 0.3) is 0 Å². The van der Waals surface area contributed by atoms with Gasteiger partial charge in [0.2, 0.25) is 0 Å². The van der Waals surface area contributed by atoms with Gasteiger partial charge in [0.15, 0.2) is 0 Å². The van der Waals surface area contributed by atoms with Crippen LogP contribution in [0.15, 0.2) is 22.7 Å². The van der Waals surface area contributed by atoms with Gasteiger partial charge in [0.05, 0.1) is 4.47 Å². The molecule has 3 heteroatoms. The number of hydrogen-bond donors (Lipinski definition) is 1. The van der Waals surface area contributed by atoms with Gasteiger partial charge in [-0.15, -0.1) is 0 Å². The summed E-state index contributed by atoms with van der Waals surface area (Å²) in [6.07, 6.45) is 1.99. The van der Waals surface area contributed by atoms with Crippen molar-refractivity contribution in [3.05, 3.63) is 34.1 Å². The van der Waals surface area contributed by atoms with Crippen molar-refractivity contribution in [3.63, 3.8) is 0 Å². The fourth-order valence-corrected chi connectivity index (χ4v) is 2.25.